The molecule has 7 nitrogen and oxygen atoms in total. The molecule has 1 aliphatic rings. The van der Waals surface area contributed by atoms with E-state index in [4.69, 9.17) is 9.47 Å². The van der Waals surface area contributed by atoms with Crippen LogP contribution < -0.4 is 14.8 Å². The fourth-order valence-electron chi connectivity index (χ4n) is 3.48. The summed E-state index contributed by atoms with van der Waals surface area (Å²) in [7, 11) is -0.342. The molecule has 162 valence electrons. The topological polar surface area (TPSA) is 84.9 Å². The summed E-state index contributed by atoms with van der Waals surface area (Å²) in [4.78, 5) is 12.7. The van der Waals surface area contributed by atoms with E-state index in [9.17, 15) is 13.2 Å². The van der Waals surface area contributed by atoms with Crippen LogP contribution in [0.25, 0.3) is 0 Å². The molecule has 0 aromatic heterocycles. The second-order valence-corrected chi connectivity index (χ2v) is 10.0. The molecule has 1 heterocycles. The Morgan fingerprint density at radius 3 is 2.43 bits per heavy atom. The van der Waals surface area contributed by atoms with Gasteiger partial charge in [0, 0.05) is 35.2 Å². The number of ether oxygens (including phenoxy) is 2. The second-order valence-electron chi connectivity index (χ2n) is 7.12. The fourth-order valence-corrected chi connectivity index (χ4v) is 5.48. The number of benzene rings is 2. The first-order valence-corrected chi connectivity index (χ1v) is 12.0. The van der Waals surface area contributed by atoms with Crippen molar-refractivity contribution >= 4 is 37.5 Å². The monoisotopic (exact) mass is 496 g/mol. The molecule has 0 atom stereocenters. The van der Waals surface area contributed by atoms with Crippen LogP contribution in [0.5, 0.6) is 11.5 Å². The lowest BCUT2D eigenvalue weighted by Crippen LogP contribution is -2.41. The molecule has 30 heavy (non-hydrogen) atoms. The van der Waals surface area contributed by atoms with Crippen molar-refractivity contribution in [3.8, 4) is 11.5 Å². The highest BCUT2D eigenvalue weighted by atomic mass is 79.9. The van der Waals surface area contributed by atoms with Gasteiger partial charge in [-0.1, -0.05) is 28.1 Å². The van der Waals surface area contributed by atoms with E-state index in [1.807, 2.05) is 12.1 Å². The highest BCUT2D eigenvalue weighted by Crippen LogP contribution is 2.30. The molecule has 2 aromatic rings. The van der Waals surface area contributed by atoms with Gasteiger partial charge in [0.2, 0.25) is 15.9 Å². The molecule has 1 amide bonds. The summed E-state index contributed by atoms with van der Waals surface area (Å²) in [6.07, 6.45) is 0.966. The van der Waals surface area contributed by atoms with Crippen LogP contribution in [0.4, 0.5) is 5.69 Å². The summed E-state index contributed by atoms with van der Waals surface area (Å²) in [5.41, 5.74) is 1.35. The van der Waals surface area contributed by atoms with E-state index < -0.39 is 10.0 Å². The Balaban J connectivity index is 1.57. The molecule has 0 aliphatic carbocycles. The molecule has 0 saturated carbocycles. The fraction of sp³-hybridized carbons (Fsp3) is 0.381. The molecular weight excluding hydrogens is 472 g/mol. The molecule has 0 spiro atoms. The van der Waals surface area contributed by atoms with E-state index in [2.05, 4.69) is 21.2 Å². The predicted octanol–water partition coefficient (Wildman–Crippen LogP) is 3.65. The van der Waals surface area contributed by atoms with Crippen LogP contribution in [0.2, 0.25) is 0 Å². The Hall–Kier alpha value is -2.10. The minimum atomic E-state index is -3.43. The van der Waals surface area contributed by atoms with Crippen molar-refractivity contribution in [3.05, 3.63) is 52.5 Å². The maximum Gasteiger partial charge on any atom is 0.227 e. The number of anilines is 1. The van der Waals surface area contributed by atoms with Crippen LogP contribution in [0, 0.1) is 5.92 Å². The Kier molecular flexibility index (Phi) is 7.38. The lowest BCUT2D eigenvalue weighted by Gasteiger charge is -2.30. The van der Waals surface area contributed by atoms with E-state index in [-0.39, 0.29) is 17.6 Å². The number of hydrogen-bond donors (Lipinski definition) is 1. The standard InChI is InChI=1S/C21H25BrN2O5S/c1-28-19-7-6-18(13-20(19)29-2)23-21(25)16-8-10-24(11-9-16)30(26,27)14-15-4-3-5-17(22)12-15/h3-7,12-13,16H,8-11,14H2,1-2H3,(H,23,25). The molecule has 0 bridgehead atoms. The maximum absolute atomic E-state index is 12.7. The van der Waals surface area contributed by atoms with Gasteiger partial charge in [0.25, 0.3) is 0 Å². The molecule has 0 radical (unpaired) electrons. The number of sulfonamides is 1. The van der Waals surface area contributed by atoms with Crippen molar-refractivity contribution < 1.29 is 22.7 Å². The SMILES string of the molecule is COc1ccc(NC(=O)C2CCN(S(=O)(=O)Cc3cccc(Br)c3)CC2)cc1OC. The van der Waals surface area contributed by atoms with Gasteiger partial charge in [-0.15, -0.1) is 0 Å². The zero-order valence-corrected chi connectivity index (χ0v) is 19.3. The summed E-state index contributed by atoms with van der Waals surface area (Å²) in [5.74, 6) is 0.708. The summed E-state index contributed by atoms with van der Waals surface area (Å²) in [5, 5.41) is 2.89. The Morgan fingerprint density at radius 2 is 1.80 bits per heavy atom. The number of carbonyl (C=O) groups is 1. The molecule has 3 rings (SSSR count). The number of nitrogens with zero attached hydrogens (tertiary/aromatic N) is 1. The van der Waals surface area contributed by atoms with Crippen molar-refractivity contribution in [2.45, 2.75) is 18.6 Å². The minimum absolute atomic E-state index is 0.0467. The van der Waals surface area contributed by atoms with E-state index in [1.165, 1.54) is 11.4 Å². The highest BCUT2D eigenvalue weighted by molar-refractivity contribution is 9.10. The van der Waals surface area contributed by atoms with Gasteiger partial charge in [-0.05, 0) is 42.7 Å². The number of methoxy groups -OCH3 is 2. The van der Waals surface area contributed by atoms with Gasteiger partial charge in [-0.25, -0.2) is 12.7 Å². The molecule has 2 aromatic carbocycles. The van der Waals surface area contributed by atoms with Crippen molar-refractivity contribution in [3.63, 3.8) is 0 Å². The lowest BCUT2D eigenvalue weighted by atomic mass is 9.97. The molecular formula is C21H25BrN2O5S. The molecule has 1 saturated heterocycles. The van der Waals surface area contributed by atoms with Gasteiger partial charge in [0.1, 0.15) is 0 Å². The lowest BCUT2D eigenvalue weighted by molar-refractivity contribution is -0.120. The average molecular weight is 497 g/mol. The Labute approximate surface area is 185 Å². The summed E-state index contributed by atoms with van der Waals surface area (Å²) >= 11 is 3.37. The van der Waals surface area contributed by atoms with E-state index in [1.54, 1.807) is 37.4 Å². The zero-order chi connectivity index (χ0) is 21.7. The van der Waals surface area contributed by atoms with Gasteiger partial charge in [-0.2, -0.15) is 0 Å². The van der Waals surface area contributed by atoms with E-state index in [0.29, 0.717) is 43.1 Å². The van der Waals surface area contributed by atoms with Crippen molar-refractivity contribution in [1.82, 2.24) is 4.31 Å². The molecule has 1 fully saturated rings. The first-order valence-electron chi connectivity index (χ1n) is 9.57. The normalized spacial score (nSPS) is 15.6. The van der Waals surface area contributed by atoms with Crippen LogP contribution in [0.15, 0.2) is 46.9 Å². The summed E-state index contributed by atoms with van der Waals surface area (Å²) in [6, 6.07) is 12.5. The predicted molar refractivity (Wildman–Crippen MR) is 119 cm³/mol. The third-order valence-electron chi connectivity index (χ3n) is 5.11. The number of hydrogen-bond acceptors (Lipinski definition) is 5. The number of halogens is 1. The van der Waals surface area contributed by atoms with Crippen LogP contribution in [0.3, 0.4) is 0 Å². The molecule has 1 aliphatic heterocycles. The number of nitrogens with one attached hydrogen (secondary N) is 1. The molecule has 1 N–H and O–H groups in total. The highest BCUT2D eigenvalue weighted by Gasteiger charge is 2.31. The first-order chi connectivity index (χ1) is 14.3. The first kappa shape index (κ1) is 22.6. The number of amides is 1. The zero-order valence-electron chi connectivity index (χ0n) is 16.9. The Bertz CT molecular complexity index is 1000. The smallest absolute Gasteiger partial charge is 0.227 e. The van der Waals surface area contributed by atoms with Gasteiger partial charge in [-0.3, -0.25) is 4.79 Å². The van der Waals surface area contributed by atoms with Gasteiger partial charge in [0.15, 0.2) is 11.5 Å². The summed E-state index contributed by atoms with van der Waals surface area (Å²) < 4.78 is 38.3. The summed E-state index contributed by atoms with van der Waals surface area (Å²) in [6.45, 7) is 0.667. The maximum atomic E-state index is 12.7. The average Bonchev–Trinajstić information content (AvgIpc) is 2.73. The quantitative estimate of drug-likeness (QED) is 0.632. The number of rotatable bonds is 7. The third kappa shape index (κ3) is 5.53. The van der Waals surface area contributed by atoms with Crippen molar-refractivity contribution in [2.24, 2.45) is 5.92 Å². The third-order valence-corrected chi connectivity index (χ3v) is 7.45. The van der Waals surface area contributed by atoms with Crippen molar-refractivity contribution in [1.29, 1.82) is 0 Å². The molecule has 0 unspecified atom stereocenters. The second kappa shape index (κ2) is 9.80. The van der Waals surface area contributed by atoms with Crippen molar-refractivity contribution in [2.75, 3.05) is 32.6 Å². The van der Waals surface area contributed by atoms with E-state index in [0.717, 1.165) is 10.0 Å². The minimum Gasteiger partial charge on any atom is -0.493 e. The van der Waals surface area contributed by atoms with Crippen LogP contribution in [0.1, 0.15) is 18.4 Å². The van der Waals surface area contributed by atoms with Crippen LogP contribution >= 0.6 is 15.9 Å². The molecule has 9 heteroatoms. The number of carbonyl (C=O) groups excluding carboxylic acids is 1. The Morgan fingerprint density at radius 1 is 1.10 bits per heavy atom. The largest absolute Gasteiger partial charge is 0.493 e. The van der Waals surface area contributed by atoms with Crippen LogP contribution in [-0.4, -0.2) is 45.9 Å². The van der Waals surface area contributed by atoms with E-state index >= 15 is 0 Å². The van der Waals surface area contributed by atoms with Crippen LogP contribution in [-0.2, 0) is 20.6 Å². The van der Waals surface area contributed by atoms with Gasteiger partial charge >= 0.3 is 0 Å². The van der Waals surface area contributed by atoms with Gasteiger partial charge in [0.05, 0.1) is 20.0 Å². The van der Waals surface area contributed by atoms with Gasteiger partial charge < -0.3 is 14.8 Å². The number of piperidine rings is 1.